The first kappa shape index (κ1) is 40.6. The molecule has 0 aromatic heterocycles. The minimum absolute atomic E-state index is 0.0995. The number of carbonyl (C=O) groups is 2. The van der Waals surface area contributed by atoms with Crippen molar-refractivity contribution in [1.29, 1.82) is 0 Å². The summed E-state index contributed by atoms with van der Waals surface area (Å²) in [7, 11) is 8.36. The monoisotopic (exact) mass is 664 g/mol. The van der Waals surface area contributed by atoms with Crippen LogP contribution < -0.4 is 20.1 Å². The summed E-state index contributed by atoms with van der Waals surface area (Å²) in [6, 6.07) is 12.7. The molecular formula is C40H64N4O4+2. The third kappa shape index (κ3) is 15.5. The van der Waals surface area contributed by atoms with Gasteiger partial charge in [0.1, 0.15) is 11.5 Å². The Morgan fingerprint density at radius 1 is 0.708 bits per heavy atom. The van der Waals surface area contributed by atoms with Crippen molar-refractivity contribution < 1.29 is 28.0 Å². The predicted molar refractivity (Wildman–Crippen MR) is 199 cm³/mol. The molecule has 0 spiro atoms. The van der Waals surface area contributed by atoms with Gasteiger partial charge < -0.3 is 29.1 Å². The highest BCUT2D eigenvalue weighted by Crippen LogP contribution is 2.35. The fourth-order valence-corrected chi connectivity index (χ4v) is 5.63. The Bertz CT molecular complexity index is 1300. The van der Waals surface area contributed by atoms with Crippen molar-refractivity contribution in [2.24, 2.45) is 0 Å². The normalized spacial score (nSPS) is 11.5. The van der Waals surface area contributed by atoms with Gasteiger partial charge in [0.2, 0.25) is 0 Å². The summed E-state index contributed by atoms with van der Waals surface area (Å²) in [4.78, 5) is 24.7. The summed E-state index contributed by atoms with van der Waals surface area (Å²) in [5.74, 6) is 1.89. The highest BCUT2D eigenvalue weighted by molar-refractivity contribution is 5.77. The number of quaternary nitrogens is 2. The van der Waals surface area contributed by atoms with Crippen LogP contribution in [0.5, 0.6) is 11.5 Å². The zero-order valence-electron chi connectivity index (χ0n) is 30.9. The van der Waals surface area contributed by atoms with Crippen molar-refractivity contribution in [2.45, 2.75) is 65.2 Å². The average Bonchev–Trinajstić information content (AvgIpc) is 3.02. The Morgan fingerprint density at radius 3 is 1.75 bits per heavy atom. The molecule has 2 aromatic carbocycles. The molecule has 0 unspecified atom stereocenters. The second-order valence-corrected chi connectivity index (χ2v) is 14.1. The molecular weight excluding hydrogens is 600 g/mol. The fraction of sp³-hybridized carbons (Fsp3) is 0.550. The number of amides is 2. The minimum atomic E-state index is 0.0995. The number of hydrogen-bond donors (Lipinski definition) is 2. The maximum atomic E-state index is 12.4. The third-order valence-electron chi connectivity index (χ3n) is 8.34. The van der Waals surface area contributed by atoms with Gasteiger partial charge in [-0.05, 0) is 66.6 Å². The third-order valence-corrected chi connectivity index (χ3v) is 8.34. The number of hydrogen-bond acceptors (Lipinski definition) is 4. The molecule has 2 N–H and O–H groups in total. The number of allylic oxidation sites excluding steroid dienone is 2. The second-order valence-electron chi connectivity index (χ2n) is 14.1. The largest absolute Gasteiger partial charge is 0.493 e. The molecule has 0 saturated heterocycles. The molecule has 0 saturated carbocycles. The lowest BCUT2D eigenvalue weighted by atomic mass is 9.97. The first-order valence-electron chi connectivity index (χ1n) is 17.8. The number of nitrogens with one attached hydrogen (secondary N) is 2. The summed E-state index contributed by atoms with van der Waals surface area (Å²) in [6.45, 7) is 17.4. The Labute approximate surface area is 291 Å². The minimum Gasteiger partial charge on any atom is -0.493 e. The molecule has 0 atom stereocenters. The summed E-state index contributed by atoms with van der Waals surface area (Å²) in [6.07, 6.45) is 11.1. The number of carbonyl (C=O) groups excluding carboxylic acids is 2. The van der Waals surface area contributed by atoms with E-state index in [0.29, 0.717) is 41.7 Å². The van der Waals surface area contributed by atoms with Gasteiger partial charge in [-0.15, -0.1) is 13.2 Å². The van der Waals surface area contributed by atoms with E-state index in [-0.39, 0.29) is 11.8 Å². The Kier molecular flexibility index (Phi) is 18.1. The van der Waals surface area contributed by atoms with Gasteiger partial charge in [0.25, 0.3) is 11.8 Å². The molecule has 266 valence electrons. The maximum absolute atomic E-state index is 12.4. The van der Waals surface area contributed by atoms with Crippen molar-refractivity contribution in [2.75, 3.05) is 80.7 Å². The lowest BCUT2D eigenvalue weighted by Crippen LogP contribution is -2.48. The number of likely N-dealkylation sites (N-methyl/N-ethyl adjacent to an activating group) is 2. The Morgan fingerprint density at radius 2 is 1.23 bits per heavy atom. The van der Waals surface area contributed by atoms with Crippen LogP contribution in [0.15, 0.2) is 61.7 Å². The van der Waals surface area contributed by atoms with Crippen molar-refractivity contribution in [3.8, 4) is 22.6 Å². The van der Waals surface area contributed by atoms with E-state index in [9.17, 15) is 9.59 Å². The van der Waals surface area contributed by atoms with Gasteiger partial charge in [-0.25, -0.2) is 0 Å². The Balaban J connectivity index is 2.07. The van der Waals surface area contributed by atoms with E-state index < -0.39 is 0 Å². The molecule has 2 aromatic rings. The van der Waals surface area contributed by atoms with Gasteiger partial charge in [-0.1, -0.05) is 51.0 Å². The zero-order valence-corrected chi connectivity index (χ0v) is 30.9. The van der Waals surface area contributed by atoms with Crippen LogP contribution in [0.4, 0.5) is 0 Å². The standard InChI is InChI=1S/C40H62N4O4/c1-9-13-23-41-39(45)31-43(5,6)25-15-27-47-37-22-20-34(30-35(37)18-12-4)36-29-33(17-11-3)19-21-38(36)48-28-16-26-44(7,8)32-40(46)42-24-14-10-2/h11-12,19-22,29-30H,3-4,9-10,13-18,23-28,31-32H2,1-2,5-8H3/p+2. The van der Waals surface area contributed by atoms with Gasteiger partial charge >= 0.3 is 0 Å². The van der Waals surface area contributed by atoms with Gasteiger partial charge in [0.15, 0.2) is 13.1 Å². The summed E-state index contributed by atoms with van der Waals surface area (Å²) in [5.41, 5.74) is 4.34. The number of rotatable bonds is 25. The van der Waals surface area contributed by atoms with E-state index in [1.807, 2.05) is 18.2 Å². The summed E-state index contributed by atoms with van der Waals surface area (Å²) < 4.78 is 13.9. The molecule has 0 aliphatic carbocycles. The first-order valence-corrected chi connectivity index (χ1v) is 17.8. The van der Waals surface area contributed by atoms with Crippen molar-refractivity contribution in [3.05, 3.63) is 72.8 Å². The molecule has 48 heavy (non-hydrogen) atoms. The van der Waals surface area contributed by atoms with Gasteiger partial charge in [0.05, 0.1) is 54.5 Å². The van der Waals surface area contributed by atoms with E-state index >= 15 is 0 Å². The molecule has 0 heterocycles. The second kappa shape index (κ2) is 21.4. The fourth-order valence-electron chi connectivity index (χ4n) is 5.63. The number of ether oxygens (including phenoxy) is 2. The molecule has 0 fully saturated rings. The van der Waals surface area contributed by atoms with Crippen LogP contribution in [0, 0.1) is 0 Å². The molecule has 0 radical (unpaired) electrons. The molecule has 0 aliphatic heterocycles. The highest BCUT2D eigenvalue weighted by Gasteiger charge is 2.21. The quantitative estimate of drug-likeness (QED) is 0.0739. The highest BCUT2D eigenvalue weighted by atomic mass is 16.5. The van der Waals surface area contributed by atoms with E-state index in [1.54, 1.807) is 0 Å². The number of unbranched alkanes of at least 4 members (excludes halogenated alkanes) is 2. The lowest BCUT2D eigenvalue weighted by molar-refractivity contribution is -0.882. The summed E-state index contributed by atoms with van der Waals surface area (Å²) >= 11 is 0. The lowest BCUT2D eigenvalue weighted by Gasteiger charge is -2.29. The van der Waals surface area contributed by atoms with Crippen LogP contribution in [-0.4, -0.2) is 101 Å². The van der Waals surface area contributed by atoms with Gasteiger partial charge in [-0.3, -0.25) is 9.59 Å². The number of benzene rings is 2. The van der Waals surface area contributed by atoms with Gasteiger partial charge in [-0.2, -0.15) is 0 Å². The smallest absolute Gasteiger partial charge is 0.275 e. The van der Waals surface area contributed by atoms with Crippen LogP contribution in [0.2, 0.25) is 0 Å². The van der Waals surface area contributed by atoms with Crippen molar-refractivity contribution in [1.82, 2.24) is 10.6 Å². The van der Waals surface area contributed by atoms with Gasteiger partial charge in [0, 0.05) is 31.5 Å². The summed E-state index contributed by atoms with van der Waals surface area (Å²) in [5, 5.41) is 6.05. The Hall–Kier alpha value is -3.62. The zero-order chi connectivity index (χ0) is 35.4. The van der Waals surface area contributed by atoms with Crippen LogP contribution in [0.1, 0.15) is 63.5 Å². The average molecular weight is 665 g/mol. The predicted octanol–water partition coefficient (Wildman–Crippen LogP) is 6.33. The molecule has 0 aliphatic rings. The van der Waals surface area contributed by atoms with E-state index in [2.05, 4.69) is 96.2 Å². The van der Waals surface area contributed by atoms with Crippen LogP contribution in [-0.2, 0) is 22.4 Å². The molecule has 8 heteroatoms. The van der Waals surface area contributed by atoms with Crippen LogP contribution in [0.3, 0.4) is 0 Å². The van der Waals surface area contributed by atoms with Crippen molar-refractivity contribution >= 4 is 11.8 Å². The van der Waals surface area contributed by atoms with E-state index in [4.69, 9.17) is 9.47 Å². The topological polar surface area (TPSA) is 76.7 Å². The number of nitrogens with zero attached hydrogens (tertiary/aromatic N) is 2. The van der Waals surface area contributed by atoms with E-state index in [0.717, 1.165) is 99.3 Å². The van der Waals surface area contributed by atoms with Crippen molar-refractivity contribution in [3.63, 3.8) is 0 Å². The maximum Gasteiger partial charge on any atom is 0.275 e. The van der Waals surface area contributed by atoms with Crippen LogP contribution in [0.25, 0.3) is 11.1 Å². The SMILES string of the molecule is C=CCc1ccc(OCCC[N+](C)(C)CC(=O)NCCCC)c(-c2ccc(OCCC[N+](C)(C)CC(=O)NCCCC)c(CC=C)c2)c1. The molecule has 0 bridgehead atoms. The van der Waals surface area contributed by atoms with Crippen LogP contribution >= 0.6 is 0 Å². The first-order chi connectivity index (χ1) is 22.9. The molecule has 2 amide bonds. The van der Waals surface area contributed by atoms with E-state index in [1.165, 1.54) is 5.56 Å². The molecule has 2 rings (SSSR count). The molecule has 8 nitrogen and oxygen atoms in total.